The lowest BCUT2D eigenvalue weighted by atomic mass is 9.73. The first-order valence-corrected chi connectivity index (χ1v) is 7.49. The molecule has 2 N–H and O–H groups in total. The first-order valence-electron chi connectivity index (χ1n) is 7.49. The average molecular weight is 253 g/mol. The highest BCUT2D eigenvalue weighted by atomic mass is 16.5. The van der Waals surface area contributed by atoms with E-state index in [4.69, 9.17) is 10.5 Å². The molecule has 1 atom stereocenters. The summed E-state index contributed by atoms with van der Waals surface area (Å²) in [6.45, 7) is 5.88. The second-order valence-electron chi connectivity index (χ2n) is 6.33. The van der Waals surface area contributed by atoms with Crippen molar-refractivity contribution in [1.29, 1.82) is 0 Å². The summed E-state index contributed by atoms with van der Waals surface area (Å²) in [4.78, 5) is 5.35. The van der Waals surface area contributed by atoms with E-state index >= 15 is 0 Å². The monoisotopic (exact) mass is 253 g/mol. The molecule has 1 saturated carbocycles. The summed E-state index contributed by atoms with van der Waals surface area (Å²) in [7, 11) is 1.82. The van der Waals surface area contributed by atoms with Gasteiger partial charge >= 0.3 is 0 Å². The van der Waals surface area contributed by atoms with Crippen LogP contribution in [0.15, 0.2) is 0 Å². The molecule has 0 amide bonds. The highest BCUT2D eigenvalue weighted by Gasteiger charge is 2.50. The average Bonchev–Trinajstić information content (AvgIpc) is 2.99. The molecule has 2 heterocycles. The molecule has 104 valence electrons. The number of methoxy groups -OCH3 is 1. The smallest absolute Gasteiger partial charge is 0.0607 e. The Morgan fingerprint density at radius 3 is 2.56 bits per heavy atom. The Labute approximate surface area is 110 Å². The van der Waals surface area contributed by atoms with Gasteiger partial charge in [-0.3, -0.25) is 9.80 Å². The van der Waals surface area contributed by atoms with E-state index < -0.39 is 0 Å². The molecule has 0 aromatic heterocycles. The van der Waals surface area contributed by atoms with Gasteiger partial charge in [-0.15, -0.1) is 0 Å². The van der Waals surface area contributed by atoms with Gasteiger partial charge in [-0.25, -0.2) is 0 Å². The molecule has 18 heavy (non-hydrogen) atoms. The second kappa shape index (κ2) is 5.08. The van der Waals surface area contributed by atoms with Crippen LogP contribution in [0.2, 0.25) is 0 Å². The highest BCUT2D eigenvalue weighted by Crippen LogP contribution is 2.41. The van der Waals surface area contributed by atoms with E-state index in [1.165, 1.54) is 45.4 Å². The van der Waals surface area contributed by atoms with E-state index in [0.29, 0.717) is 6.10 Å². The number of hydrogen-bond acceptors (Lipinski definition) is 4. The van der Waals surface area contributed by atoms with Gasteiger partial charge < -0.3 is 10.5 Å². The van der Waals surface area contributed by atoms with Gasteiger partial charge in [0.15, 0.2) is 0 Å². The minimum absolute atomic E-state index is 0.259. The van der Waals surface area contributed by atoms with Gasteiger partial charge in [0.25, 0.3) is 0 Å². The number of likely N-dealkylation sites (tertiary alicyclic amines) is 2. The quantitative estimate of drug-likeness (QED) is 0.799. The fraction of sp³-hybridized carbons (Fsp3) is 1.00. The maximum absolute atomic E-state index is 6.05. The zero-order valence-electron chi connectivity index (χ0n) is 11.6. The number of hydrogen-bond donors (Lipinski definition) is 1. The lowest BCUT2D eigenvalue weighted by molar-refractivity contribution is -0.0809. The maximum Gasteiger partial charge on any atom is 0.0607 e. The Bertz CT molecular complexity index is 285. The van der Waals surface area contributed by atoms with Crippen LogP contribution in [0.3, 0.4) is 0 Å². The van der Waals surface area contributed by atoms with Crippen molar-refractivity contribution in [3.63, 3.8) is 0 Å². The standard InChI is InChI=1S/C14H27N3O/c1-18-13-8-14(9-13,11-15)17-7-4-12(10-17)16-5-2-3-6-16/h12-13H,2-11,15H2,1H3. The zero-order valence-corrected chi connectivity index (χ0v) is 11.6. The van der Waals surface area contributed by atoms with Crippen LogP contribution in [0.5, 0.6) is 0 Å². The van der Waals surface area contributed by atoms with Crippen molar-refractivity contribution in [1.82, 2.24) is 9.80 Å². The molecule has 4 heteroatoms. The third kappa shape index (κ3) is 2.09. The molecule has 3 rings (SSSR count). The Morgan fingerprint density at radius 1 is 1.22 bits per heavy atom. The van der Waals surface area contributed by atoms with Crippen LogP contribution in [0.1, 0.15) is 32.1 Å². The first kappa shape index (κ1) is 12.9. The molecule has 0 bridgehead atoms. The van der Waals surface area contributed by atoms with Gasteiger partial charge in [0.05, 0.1) is 6.10 Å². The van der Waals surface area contributed by atoms with Crippen molar-refractivity contribution >= 4 is 0 Å². The van der Waals surface area contributed by atoms with E-state index in [1.807, 2.05) is 7.11 Å². The van der Waals surface area contributed by atoms with Crippen LogP contribution in [0.25, 0.3) is 0 Å². The molecule has 2 aliphatic heterocycles. The maximum atomic E-state index is 6.05. The largest absolute Gasteiger partial charge is 0.381 e. The van der Waals surface area contributed by atoms with Crippen molar-refractivity contribution < 1.29 is 4.74 Å². The molecule has 4 nitrogen and oxygen atoms in total. The Balaban J connectivity index is 1.57. The van der Waals surface area contributed by atoms with E-state index in [1.54, 1.807) is 0 Å². The van der Waals surface area contributed by atoms with E-state index in [9.17, 15) is 0 Å². The fourth-order valence-electron chi connectivity index (χ4n) is 4.09. The van der Waals surface area contributed by atoms with Crippen molar-refractivity contribution in [2.24, 2.45) is 5.73 Å². The summed E-state index contributed by atoms with van der Waals surface area (Å²) < 4.78 is 5.44. The highest BCUT2D eigenvalue weighted by molar-refractivity contribution is 5.07. The second-order valence-corrected chi connectivity index (χ2v) is 6.33. The summed E-state index contributed by atoms with van der Waals surface area (Å²) in [5.74, 6) is 0. The molecular formula is C14H27N3O. The number of rotatable bonds is 4. The van der Waals surface area contributed by atoms with E-state index in [-0.39, 0.29) is 5.54 Å². The molecule has 1 aliphatic carbocycles. The first-order chi connectivity index (χ1) is 8.77. The molecule has 0 aromatic rings. The normalized spacial score (nSPS) is 42.3. The lowest BCUT2D eigenvalue weighted by Gasteiger charge is -2.52. The Kier molecular flexibility index (Phi) is 3.63. The van der Waals surface area contributed by atoms with Crippen LogP contribution in [-0.2, 0) is 4.74 Å². The predicted molar refractivity (Wildman–Crippen MR) is 72.6 cm³/mol. The van der Waals surface area contributed by atoms with Crippen LogP contribution in [0.4, 0.5) is 0 Å². The topological polar surface area (TPSA) is 41.7 Å². The fourth-order valence-corrected chi connectivity index (χ4v) is 4.09. The van der Waals surface area contributed by atoms with Crippen molar-refractivity contribution in [2.75, 3.05) is 39.8 Å². The molecule has 3 fully saturated rings. The number of nitrogens with two attached hydrogens (primary N) is 1. The third-order valence-electron chi connectivity index (χ3n) is 5.42. The van der Waals surface area contributed by atoms with Gasteiger partial charge in [0.2, 0.25) is 0 Å². The summed E-state index contributed by atoms with van der Waals surface area (Å²) >= 11 is 0. The minimum Gasteiger partial charge on any atom is -0.381 e. The van der Waals surface area contributed by atoms with Gasteiger partial charge in [0.1, 0.15) is 0 Å². The SMILES string of the molecule is COC1CC(CN)(N2CCC(N3CCCC3)C2)C1. The van der Waals surface area contributed by atoms with Crippen molar-refractivity contribution in [3.8, 4) is 0 Å². The summed E-state index contributed by atoms with van der Waals surface area (Å²) in [6.07, 6.45) is 6.83. The molecule has 0 spiro atoms. The zero-order chi connectivity index (χ0) is 12.6. The molecule has 0 radical (unpaired) electrons. The number of nitrogens with zero attached hydrogens (tertiary/aromatic N) is 2. The van der Waals surface area contributed by atoms with Gasteiger partial charge in [0, 0.05) is 38.3 Å². The summed E-state index contributed by atoms with van der Waals surface area (Å²) in [5.41, 5.74) is 6.31. The van der Waals surface area contributed by atoms with Gasteiger partial charge in [-0.05, 0) is 45.2 Å². The molecule has 1 unspecified atom stereocenters. The number of ether oxygens (including phenoxy) is 1. The third-order valence-corrected chi connectivity index (χ3v) is 5.42. The molecular weight excluding hydrogens is 226 g/mol. The van der Waals surface area contributed by atoms with Gasteiger partial charge in [-0.2, -0.15) is 0 Å². The van der Waals surface area contributed by atoms with Crippen LogP contribution in [-0.4, -0.2) is 67.3 Å². The molecule has 0 aromatic carbocycles. The summed E-state index contributed by atoms with van der Waals surface area (Å²) in [5, 5.41) is 0. The molecule has 3 aliphatic rings. The van der Waals surface area contributed by atoms with Crippen LogP contribution >= 0.6 is 0 Å². The minimum atomic E-state index is 0.259. The Morgan fingerprint density at radius 2 is 1.94 bits per heavy atom. The van der Waals surface area contributed by atoms with Crippen molar-refractivity contribution in [2.45, 2.75) is 49.8 Å². The predicted octanol–water partition coefficient (Wildman–Crippen LogP) is 0.663. The van der Waals surface area contributed by atoms with Crippen molar-refractivity contribution in [3.05, 3.63) is 0 Å². The van der Waals surface area contributed by atoms with Crippen LogP contribution < -0.4 is 5.73 Å². The summed E-state index contributed by atoms with van der Waals surface area (Å²) in [6, 6.07) is 0.789. The Hall–Kier alpha value is -0.160. The van der Waals surface area contributed by atoms with Gasteiger partial charge in [-0.1, -0.05) is 0 Å². The lowest BCUT2D eigenvalue weighted by Crippen LogP contribution is -2.63. The molecule has 2 saturated heterocycles. The van der Waals surface area contributed by atoms with E-state index in [0.717, 1.165) is 25.4 Å². The van der Waals surface area contributed by atoms with E-state index in [2.05, 4.69) is 9.80 Å². The van der Waals surface area contributed by atoms with Crippen LogP contribution in [0, 0.1) is 0 Å².